The van der Waals surface area contributed by atoms with Crippen LogP contribution in [0.2, 0.25) is 10.0 Å². The molecule has 18 heavy (non-hydrogen) atoms. The first kappa shape index (κ1) is 13.8. The van der Waals surface area contributed by atoms with Crippen LogP contribution in [0.15, 0.2) is 23.6 Å². The van der Waals surface area contributed by atoms with Gasteiger partial charge in [0, 0.05) is 21.0 Å². The minimum absolute atomic E-state index is 0.0541. The molecule has 1 heterocycles. The topological polar surface area (TPSA) is 20.2 Å². The van der Waals surface area contributed by atoms with Crippen LogP contribution in [0.1, 0.15) is 22.9 Å². The summed E-state index contributed by atoms with van der Waals surface area (Å²) in [7, 11) is 0. The van der Waals surface area contributed by atoms with Gasteiger partial charge in [0.15, 0.2) is 0 Å². The van der Waals surface area contributed by atoms with E-state index in [1.165, 1.54) is 23.5 Å². The summed E-state index contributed by atoms with van der Waals surface area (Å²) in [4.78, 5) is 0.964. The first-order chi connectivity index (χ1) is 8.34. The van der Waals surface area contributed by atoms with Crippen molar-refractivity contribution in [2.75, 3.05) is 0 Å². The SMILES string of the molecule is Cc1sccc1C(C)(O)c1cc(F)c(Cl)cc1Cl. The van der Waals surface area contributed by atoms with E-state index in [9.17, 15) is 9.50 Å². The molecule has 0 saturated carbocycles. The summed E-state index contributed by atoms with van der Waals surface area (Å²) >= 11 is 13.2. The minimum atomic E-state index is -1.34. The summed E-state index contributed by atoms with van der Waals surface area (Å²) in [6, 6.07) is 4.30. The molecule has 0 aliphatic heterocycles. The highest BCUT2D eigenvalue weighted by atomic mass is 35.5. The van der Waals surface area contributed by atoms with Gasteiger partial charge in [-0.25, -0.2) is 4.39 Å². The summed E-state index contributed by atoms with van der Waals surface area (Å²) in [5.41, 5.74) is -0.309. The Kier molecular flexibility index (Phi) is 3.70. The molecule has 0 fully saturated rings. The molecular weight excluding hydrogens is 294 g/mol. The Morgan fingerprint density at radius 2 is 1.89 bits per heavy atom. The van der Waals surface area contributed by atoms with Gasteiger partial charge in [0.25, 0.3) is 0 Å². The Morgan fingerprint density at radius 3 is 2.44 bits per heavy atom. The number of thiophene rings is 1. The Morgan fingerprint density at radius 1 is 1.22 bits per heavy atom. The van der Waals surface area contributed by atoms with E-state index in [4.69, 9.17) is 23.2 Å². The zero-order valence-electron chi connectivity index (χ0n) is 9.80. The van der Waals surface area contributed by atoms with Gasteiger partial charge >= 0.3 is 0 Å². The number of benzene rings is 1. The normalized spacial score (nSPS) is 14.6. The third-order valence-electron chi connectivity index (χ3n) is 2.92. The molecular formula is C13H11Cl2FOS. The second kappa shape index (κ2) is 4.82. The van der Waals surface area contributed by atoms with Gasteiger partial charge in [-0.2, -0.15) is 0 Å². The van der Waals surface area contributed by atoms with Gasteiger partial charge in [-0.05, 0) is 37.4 Å². The molecule has 0 bridgehead atoms. The predicted octanol–water partition coefficient (Wildman–Crippen LogP) is 4.76. The average molecular weight is 305 g/mol. The van der Waals surface area contributed by atoms with E-state index >= 15 is 0 Å². The lowest BCUT2D eigenvalue weighted by atomic mass is 9.88. The van der Waals surface area contributed by atoms with Crippen molar-refractivity contribution in [3.05, 3.63) is 55.4 Å². The standard InChI is InChI=1S/C13H11Cl2FOS/c1-7-8(3-4-18-7)13(2,17)9-5-12(16)11(15)6-10(9)14/h3-6,17H,1-2H3. The average Bonchev–Trinajstić information content (AvgIpc) is 2.70. The number of aliphatic hydroxyl groups is 1. The molecule has 1 unspecified atom stereocenters. The Hall–Kier alpha value is -0.610. The van der Waals surface area contributed by atoms with E-state index in [2.05, 4.69) is 0 Å². The molecule has 0 saturated heterocycles. The van der Waals surface area contributed by atoms with Gasteiger partial charge in [0.2, 0.25) is 0 Å². The van der Waals surface area contributed by atoms with Crippen molar-refractivity contribution in [2.24, 2.45) is 0 Å². The summed E-state index contributed by atoms with van der Waals surface area (Å²) in [5.74, 6) is -0.593. The van der Waals surface area contributed by atoms with Gasteiger partial charge in [-0.1, -0.05) is 23.2 Å². The summed E-state index contributed by atoms with van der Waals surface area (Å²) < 4.78 is 13.5. The quantitative estimate of drug-likeness (QED) is 0.793. The second-order valence-electron chi connectivity index (χ2n) is 4.21. The number of aryl methyl sites for hydroxylation is 1. The number of rotatable bonds is 2. The molecule has 0 spiro atoms. The maximum atomic E-state index is 13.5. The smallest absolute Gasteiger partial charge is 0.142 e. The van der Waals surface area contributed by atoms with Crippen molar-refractivity contribution >= 4 is 34.5 Å². The summed E-state index contributed by atoms with van der Waals surface area (Å²) in [6.45, 7) is 3.49. The largest absolute Gasteiger partial charge is 0.381 e. The van der Waals surface area contributed by atoms with Gasteiger partial charge in [-0.3, -0.25) is 0 Å². The lowest BCUT2D eigenvalue weighted by Gasteiger charge is -2.25. The zero-order chi connectivity index (χ0) is 13.5. The molecule has 0 amide bonds. The van der Waals surface area contributed by atoms with Crippen LogP contribution in [0.25, 0.3) is 0 Å². The highest BCUT2D eigenvalue weighted by molar-refractivity contribution is 7.10. The van der Waals surface area contributed by atoms with Crippen LogP contribution in [0.5, 0.6) is 0 Å². The van der Waals surface area contributed by atoms with Gasteiger partial charge < -0.3 is 5.11 Å². The summed E-state index contributed by atoms with van der Waals surface area (Å²) in [6.07, 6.45) is 0. The van der Waals surface area contributed by atoms with Crippen LogP contribution < -0.4 is 0 Å². The lowest BCUT2D eigenvalue weighted by molar-refractivity contribution is 0.102. The van der Waals surface area contributed by atoms with Crippen LogP contribution in [-0.4, -0.2) is 5.11 Å². The molecule has 0 aliphatic rings. The number of hydrogen-bond donors (Lipinski definition) is 1. The zero-order valence-corrected chi connectivity index (χ0v) is 12.1. The molecule has 5 heteroatoms. The Labute approximate surface area is 119 Å². The maximum Gasteiger partial charge on any atom is 0.142 e. The van der Waals surface area contributed by atoms with Crippen LogP contribution in [0, 0.1) is 12.7 Å². The van der Waals surface area contributed by atoms with E-state index in [1.807, 2.05) is 18.4 Å². The van der Waals surface area contributed by atoms with Crippen molar-refractivity contribution < 1.29 is 9.50 Å². The molecule has 0 radical (unpaired) electrons. The van der Waals surface area contributed by atoms with E-state index in [0.29, 0.717) is 5.56 Å². The summed E-state index contributed by atoms with van der Waals surface area (Å²) in [5, 5.41) is 12.7. The highest BCUT2D eigenvalue weighted by Crippen LogP contribution is 2.38. The highest BCUT2D eigenvalue weighted by Gasteiger charge is 2.31. The van der Waals surface area contributed by atoms with Gasteiger partial charge in [-0.15, -0.1) is 11.3 Å². The van der Waals surface area contributed by atoms with Crippen LogP contribution in [0.4, 0.5) is 4.39 Å². The molecule has 1 N–H and O–H groups in total. The molecule has 2 rings (SSSR count). The number of halogens is 3. The Balaban J connectivity index is 2.61. The predicted molar refractivity (Wildman–Crippen MR) is 74.1 cm³/mol. The van der Waals surface area contributed by atoms with E-state index in [0.717, 1.165) is 10.4 Å². The fourth-order valence-electron chi connectivity index (χ4n) is 1.93. The van der Waals surface area contributed by atoms with E-state index in [-0.39, 0.29) is 10.0 Å². The van der Waals surface area contributed by atoms with Crippen LogP contribution in [0.3, 0.4) is 0 Å². The maximum absolute atomic E-state index is 13.5. The first-order valence-electron chi connectivity index (χ1n) is 5.26. The third kappa shape index (κ3) is 2.28. The first-order valence-corrected chi connectivity index (χ1v) is 6.89. The van der Waals surface area contributed by atoms with E-state index < -0.39 is 11.4 Å². The fraction of sp³-hybridized carbons (Fsp3) is 0.231. The van der Waals surface area contributed by atoms with Crippen molar-refractivity contribution in [3.8, 4) is 0 Å². The monoisotopic (exact) mass is 304 g/mol. The molecule has 1 aromatic carbocycles. The Bertz CT molecular complexity index is 593. The minimum Gasteiger partial charge on any atom is -0.381 e. The van der Waals surface area contributed by atoms with Crippen molar-refractivity contribution in [1.29, 1.82) is 0 Å². The second-order valence-corrected chi connectivity index (χ2v) is 6.14. The van der Waals surface area contributed by atoms with Gasteiger partial charge in [0.1, 0.15) is 11.4 Å². The molecule has 1 aromatic heterocycles. The number of hydrogen-bond acceptors (Lipinski definition) is 2. The molecule has 2 aromatic rings. The lowest BCUT2D eigenvalue weighted by Crippen LogP contribution is -2.23. The third-order valence-corrected chi connectivity index (χ3v) is 4.37. The van der Waals surface area contributed by atoms with Gasteiger partial charge in [0.05, 0.1) is 5.02 Å². The van der Waals surface area contributed by atoms with Crippen molar-refractivity contribution in [3.63, 3.8) is 0 Å². The van der Waals surface area contributed by atoms with Crippen LogP contribution >= 0.6 is 34.5 Å². The van der Waals surface area contributed by atoms with Crippen molar-refractivity contribution in [1.82, 2.24) is 0 Å². The van der Waals surface area contributed by atoms with Crippen LogP contribution in [-0.2, 0) is 5.60 Å². The van der Waals surface area contributed by atoms with Crippen molar-refractivity contribution in [2.45, 2.75) is 19.4 Å². The molecule has 1 nitrogen and oxygen atoms in total. The molecule has 96 valence electrons. The molecule has 0 aliphatic carbocycles. The molecule has 1 atom stereocenters. The fourth-order valence-corrected chi connectivity index (χ4v) is 3.30. The van der Waals surface area contributed by atoms with E-state index in [1.54, 1.807) is 6.92 Å².